The Balaban J connectivity index is 1.68. The lowest BCUT2D eigenvalue weighted by molar-refractivity contribution is 0.471. The fourth-order valence-corrected chi connectivity index (χ4v) is 4.29. The first-order valence-electron chi connectivity index (χ1n) is 9.93. The fourth-order valence-electron chi connectivity index (χ4n) is 3.19. The predicted molar refractivity (Wildman–Crippen MR) is 123 cm³/mol. The minimum Gasteiger partial charge on any atom is -0.456 e. The molecule has 0 fully saturated rings. The zero-order valence-corrected chi connectivity index (χ0v) is 18.9. The summed E-state index contributed by atoms with van der Waals surface area (Å²) in [6, 6.07) is 11.0. The Morgan fingerprint density at radius 1 is 0.941 bits per heavy atom. The highest BCUT2D eigenvalue weighted by Crippen LogP contribution is 2.37. The van der Waals surface area contributed by atoms with Gasteiger partial charge in [-0.3, -0.25) is 0 Å². The van der Waals surface area contributed by atoms with Gasteiger partial charge in [0.05, 0.1) is 12.4 Å². The van der Waals surface area contributed by atoms with Crippen LogP contribution in [-0.4, -0.2) is 23.4 Å². The quantitative estimate of drug-likeness (QED) is 0.411. The van der Waals surface area contributed by atoms with Crippen LogP contribution in [0.25, 0.3) is 11.1 Å². The molecule has 2 heterocycles. The Morgan fingerprint density at radius 3 is 2.38 bits per heavy atom. The Kier molecular flexibility index (Phi) is 6.12. The highest BCUT2D eigenvalue weighted by Gasteiger charge is 2.23. The van der Waals surface area contributed by atoms with Gasteiger partial charge in [0.15, 0.2) is 5.82 Å². The molecule has 0 saturated heterocycles. The van der Waals surface area contributed by atoms with Crippen molar-refractivity contribution in [1.29, 1.82) is 0 Å². The maximum absolute atomic E-state index is 14.9. The monoisotopic (exact) mass is 483 g/mol. The van der Waals surface area contributed by atoms with Crippen LogP contribution in [0.4, 0.5) is 20.5 Å². The zero-order chi connectivity index (χ0) is 24.5. The molecule has 0 bridgehead atoms. The van der Waals surface area contributed by atoms with Crippen molar-refractivity contribution in [2.45, 2.75) is 18.7 Å². The van der Waals surface area contributed by atoms with E-state index >= 15 is 0 Å². The zero-order valence-electron chi connectivity index (χ0n) is 18.1. The van der Waals surface area contributed by atoms with E-state index in [4.69, 9.17) is 10.5 Å². The van der Waals surface area contributed by atoms with Gasteiger partial charge in [0, 0.05) is 17.8 Å². The van der Waals surface area contributed by atoms with Crippen LogP contribution in [0.5, 0.6) is 11.5 Å². The molecule has 0 radical (unpaired) electrons. The van der Waals surface area contributed by atoms with E-state index in [1.54, 1.807) is 31.3 Å². The third-order valence-corrected chi connectivity index (χ3v) is 6.16. The number of nitrogens with zero attached hydrogens (tertiary/aromatic N) is 3. The molecule has 174 valence electrons. The molecule has 0 aliphatic carbocycles. The molecular formula is C23H19F2N5O3S. The lowest BCUT2D eigenvalue weighted by Gasteiger charge is -2.16. The number of hydrogen-bond donors (Lipinski definition) is 2. The first kappa shape index (κ1) is 23.1. The molecule has 0 amide bonds. The Bertz CT molecular complexity index is 1480. The second-order valence-corrected chi connectivity index (χ2v) is 9.10. The number of nitrogens with two attached hydrogens (primary N) is 1. The summed E-state index contributed by atoms with van der Waals surface area (Å²) < 4.78 is 61.2. The Labute approximate surface area is 194 Å². The third kappa shape index (κ3) is 4.94. The van der Waals surface area contributed by atoms with Crippen molar-refractivity contribution < 1.29 is 21.9 Å². The molecule has 0 saturated carbocycles. The van der Waals surface area contributed by atoms with E-state index in [1.807, 2.05) is 23.8 Å². The van der Waals surface area contributed by atoms with Gasteiger partial charge < -0.3 is 10.5 Å². The minimum atomic E-state index is -4.38. The van der Waals surface area contributed by atoms with Gasteiger partial charge in [0.1, 0.15) is 28.0 Å². The number of ether oxygens (including phenoxy) is 1. The van der Waals surface area contributed by atoms with Crippen molar-refractivity contribution >= 4 is 21.8 Å². The molecule has 0 aliphatic rings. The summed E-state index contributed by atoms with van der Waals surface area (Å²) >= 11 is 0. The molecule has 4 rings (SSSR count). The summed E-state index contributed by atoms with van der Waals surface area (Å²) in [5.74, 6) is -1.29. The van der Waals surface area contributed by atoms with Crippen LogP contribution in [0.15, 0.2) is 66.0 Å². The molecule has 0 aliphatic heterocycles. The summed E-state index contributed by atoms with van der Waals surface area (Å²) in [7, 11) is -4.38. The van der Waals surface area contributed by atoms with Crippen molar-refractivity contribution in [3.8, 4) is 22.6 Å². The number of hydrogen-bond acceptors (Lipinski definition) is 7. The first-order valence-corrected chi connectivity index (χ1v) is 11.4. The van der Waals surface area contributed by atoms with E-state index in [0.29, 0.717) is 22.7 Å². The molecule has 8 nitrogen and oxygen atoms in total. The van der Waals surface area contributed by atoms with Gasteiger partial charge in [-0.2, -0.15) is 0 Å². The lowest BCUT2D eigenvalue weighted by Crippen LogP contribution is -2.17. The van der Waals surface area contributed by atoms with Crippen molar-refractivity contribution in [1.82, 2.24) is 15.0 Å². The van der Waals surface area contributed by atoms with Crippen LogP contribution in [0.2, 0.25) is 0 Å². The molecule has 2 aromatic carbocycles. The topological polar surface area (TPSA) is 120 Å². The van der Waals surface area contributed by atoms with E-state index in [1.165, 1.54) is 0 Å². The summed E-state index contributed by atoms with van der Waals surface area (Å²) in [6.07, 6.45) is 3.15. The van der Waals surface area contributed by atoms with Gasteiger partial charge in [-0.25, -0.2) is 36.9 Å². The first-order chi connectivity index (χ1) is 16.1. The van der Waals surface area contributed by atoms with E-state index < -0.39 is 26.6 Å². The largest absolute Gasteiger partial charge is 0.456 e. The molecule has 0 unspecified atom stereocenters. The van der Waals surface area contributed by atoms with Gasteiger partial charge >= 0.3 is 0 Å². The van der Waals surface area contributed by atoms with Crippen molar-refractivity contribution in [2.75, 3.05) is 10.5 Å². The summed E-state index contributed by atoms with van der Waals surface area (Å²) in [6.45, 7) is 3.50. The molecule has 11 heteroatoms. The number of sulfonamides is 1. The number of nitrogens with one attached hydrogen (secondary N) is 1. The average Bonchev–Trinajstić information content (AvgIpc) is 2.78. The van der Waals surface area contributed by atoms with Crippen LogP contribution in [0, 0.1) is 25.5 Å². The highest BCUT2D eigenvalue weighted by molar-refractivity contribution is 7.92. The van der Waals surface area contributed by atoms with Crippen LogP contribution in [0.3, 0.4) is 0 Å². The smallest absolute Gasteiger partial charge is 0.267 e. The van der Waals surface area contributed by atoms with Gasteiger partial charge in [0.2, 0.25) is 5.95 Å². The van der Waals surface area contributed by atoms with Gasteiger partial charge in [0.25, 0.3) is 10.0 Å². The van der Waals surface area contributed by atoms with Crippen LogP contribution in [0.1, 0.15) is 11.1 Å². The molecular weight excluding hydrogens is 464 g/mol. The number of pyridine rings is 1. The van der Waals surface area contributed by atoms with Crippen molar-refractivity contribution in [2.24, 2.45) is 0 Å². The molecule has 4 aromatic rings. The maximum atomic E-state index is 14.9. The molecule has 0 atom stereocenters. The van der Waals surface area contributed by atoms with Crippen LogP contribution in [-0.2, 0) is 10.0 Å². The predicted octanol–water partition coefficient (Wildman–Crippen LogP) is 4.61. The number of nitrogen functional groups attached to an aromatic ring is 1. The number of halogens is 2. The second-order valence-electron chi connectivity index (χ2n) is 7.45. The van der Waals surface area contributed by atoms with Gasteiger partial charge in [-0.05, 0) is 55.3 Å². The van der Waals surface area contributed by atoms with E-state index in [9.17, 15) is 17.2 Å². The molecule has 0 spiro atoms. The Hall–Kier alpha value is -4.12. The van der Waals surface area contributed by atoms with E-state index in [-0.39, 0.29) is 11.7 Å². The summed E-state index contributed by atoms with van der Waals surface area (Å²) in [4.78, 5) is 10.4. The van der Waals surface area contributed by atoms with Gasteiger partial charge in [-0.1, -0.05) is 11.6 Å². The summed E-state index contributed by atoms with van der Waals surface area (Å²) in [5, 5.41) is 0. The van der Waals surface area contributed by atoms with Gasteiger partial charge in [-0.15, -0.1) is 0 Å². The normalized spacial score (nSPS) is 11.3. The number of rotatable bonds is 6. The molecule has 2 aromatic heterocycles. The fraction of sp³-hybridized carbons (Fsp3) is 0.0870. The van der Waals surface area contributed by atoms with Crippen LogP contribution < -0.4 is 15.2 Å². The number of anilines is 2. The van der Waals surface area contributed by atoms with Crippen molar-refractivity contribution in [3.63, 3.8) is 0 Å². The van der Waals surface area contributed by atoms with E-state index in [2.05, 4.69) is 15.0 Å². The van der Waals surface area contributed by atoms with Crippen molar-refractivity contribution in [3.05, 3.63) is 83.8 Å². The molecule has 34 heavy (non-hydrogen) atoms. The maximum Gasteiger partial charge on any atom is 0.267 e. The lowest BCUT2D eigenvalue weighted by atomic mass is 10.0. The number of aryl methyl sites for hydroxylation is 2. The average molecular weight is 484 g/mol. The number of aromatic nitrogens is 3. The SMILES string of the molecule is Cc1ccc(Oc2cc(F)c(S(=O)(=O)Nc3ncc(F)cn3)cc2C)c(-c2ccnc(N)c2)c1. The Morgan fingerprint density at radius 2 is 1.68 bits per heavy atom. The van der Waals surface area contributed by atoms with Crippen LogP contribution >= 0.6 is 0 Å². The standard InChI is InChI=1S/C23H19F2N5O3S/c1-13-3-4-19(17(7-13)15-5-6-27-22(26)9-15)33-20-10-18(25)21(8-14(20)2)34(31,32)30-23-28-11-16(24)12-29-23/h3-12H,1-2H3,(H2,26,27)(H,28,29,30). The summed E-state index contributed by atoms with van der Waals surface area (Å²) in [5.41, 5.74) is 8.61. The molecule has 3 N–H and O–H groups in total. The highest BCUT2D eigenvalue weighted by atomic mass is 32.2. The number of benzene rings is 2. The van der Waals surface area contributed by atoms with E-state index in [0.717, 1.165) is 35.7 Å². The third-order valence-electron chi connectivity index (χ3n) is 4.81. The minimum absolute atomic E-state index is 0.126. The second kappa shape index (κ2) is 9.02.